The molecular formula is C21H18N4O3. The van der Waals surface area contributed by atoms with E-state index < -0.39 is 5.91 Å². The Morgan fingerprint density at radius 3 is 2.46 bits per heavy atom. The van der Waals surface area contributed by atoms with Crippen molar-refractivity contribution in [2.75, 3.05) is 12.4 Å². The molecule has 28 heavy (non-hydrogen) atoms. The van der Waals surface area contributed by atoms with Gasteiger partial charge in [0.2, 0.25) is 5.82 Å². The number of furan rings is 1. The molecule has 2 heterocycles. The van der Waals surface area contributed by atoms with Crippen molar-refractivity contribution >= 4 is 11.6 Å². The highest BCUT2D eigenvalue weighted by Gasteiger charge is 2.20. The van der Waals surface area contributed by atoms with E-state index in [4.69, 9.17) is 9.15 Å². The molecule has 0 saturated carbocycles. The van der Waals surface area contributed by atoms with Gasteiger partial charge in [0.25, 0.3) is 5.91 Å². The van der Waals surface area contributed by atoms with E-state index in [1.807, 2.05) is 31.2 Å². The largest absolute Gasteiger partial charge is 0.497 e. The molecule has 0 spiro atoms. The van der Waals surface area contributed by atoms with Crippen molar-refractivity contribution in [2.45, 2.75) is 6.92 Å². The summed E-state index contributed by atoms with van der Waals surface area (Å²) in [6.45, 7) is 2.01. The highest BCUT2D eigenvalue weighted by atomic mass is 16.5. The van der Waals surface area contributed by atoms with E-state index in [0.717, 1.165) is 11.3 Å². The Hall–Kier alpha value is -3.87. The number of carbonyl (C=O) groups excluding carboxylic acids is 1. The molecule has 2 aromatic carbocycles. The summed E-state index contributed by atoms with van der Waals surface area (Å²) < 4.78 is 12.2. The maximum Gasteiger partial charge on any atom is 0.295 e. The molecule has 0 aliphatic rings. The molecule has 2 aromatic heterocycles. The van der Waals surface area contributed by atoms with Crippen molar-refractivity contribution < 1.29 is 13.9 Å². The zero-order valence-corrected chi connectivity index (χ0v) is 15.4. The van der Waals surface area contributed by atoms with Gasteiger partial charge in [-0.2, -0.15) is 4.98 Å². The molecule has 0 aliphatic heterocycles. The first-order valence-corrected chi connectivity index (χ1v) is 8.67. The molecule has 0 fully saturated rings. The number of hydrogen-bond donors (Lipinski definition) is 1. The Bertz CT molecular complexity index is 1080. The van der Waals surface area contributed by atoms with E-state index in [2.05, 4.69) is 15.4 Å². The van der Waals surface area contributed by atoms with Crippen LogP contribution >= 0.6 is 0 Å². The molecular weight excluding hydrogens is 356 g/mol. The maximum atomic E-state index is 12.7. The third kappa shape index (κ3) is 3.50. The van der Waals surface area contributed by atoms with Gasteiger partial charge in [-0.1, -0.05) is 17.7 Å². The zero-order valence-electron chi connectivity index (χ0n) is 15.4. The van der Waals surface area contributed by atoms with Gasteiger partial charge in [0.05, 0.1) is 19.1 Å². The smallest absolute Gasteiger partial charge is 0.295 e. The topological polar surface area (TPSA) is 82.2 Å². The van der Waals surface area contributed by atoms with Crippen molar-refractivity contribution in [3.63, 3.8) is 0 Å². The second-order valence-corrected chi connectivity index (χ2v) is 6.17. The number of carbonyl (C=O) groups is 1. The van der Waals surface area contributed by atoms with Crippen molar-refractivity contribution in [1.29, 1.82) is 0 Å². The lowest BCUT2D eigenvalue weighted by Gasteiger charge is -2.04. The molecule has 4 rings (SSSR count). The van der Waals surface area contributed by atoms with Crippen molar-refractivity contribution in [3.05, 3.63) is 78.3 Å². The Morgan fingerprint density at radius 1 is 1.07 bits per heavy atom. The average molecular weight is 374 g/mol. The number of aromatic nitrogens is 3. The number of hydrogen-bond acceptors (Lipinski definition) is 5. The second-order valence-electron chi connectivity index (χ2n) is 6.17. The summed E-state index contributed by atoms with van der Waals surface area (Å²) in [5.74, 6) is 1.32. The quantitative estimate of drug-likeness (QED) is 0.569. The lowest BCUT2D eigenvalue weighted by atomic mass is 10.2. The lowest BCUT2D eigenvalue weighted by Crippen LogP contribution is -2.14. The van der Waals surface area contributed by atoms with E-state index in [0.29, 0.717) is 23.0 Å². The predicted molar refractivity (Wildman–Crippen MR) is 105 cm³/mol. The molecule has 0 saturated heterocycles. The molecule has 0 unspecified atom stereocenters. The van der Waals surface area contributed by atoms with Gasteiger partial charge in [0.15, 0.2) is 11.6 Å². The van der Waals surface area contributed by atoms with Crippen LogP contribution in [0.2, 0.25) is 0 Å². The van der Waals surface area contributed by atoms with Crippen molar-refractivity contribution in [1.82, 2.24) is 14.8 Å². The van der Waals surface area contributed by atoms with Crippen LogP contribution in [0.3, 0.4) is 0 Å². The summed E-state index contributed by atoms with van der Waals surface area (Å²) in [5, 5.41) is 7.20. The lowest BCUT2D eigenvalue weighted by molar-refractivity contribution is 0.101. The number of methoxy groups -OCH3 is 1. The van der Waals surface area contributed by atoms with E-state index in [1.165, 1.54) is 0 Å². The number of rotatable bonds is 5. The molecule has 7 nitrogen and oxygen atoms in total. The van der Waals surface area contributed by atoms with Crippen LogP contribution in [-0.4, -0.2) is 27.8 Å². The summed E-state index contributed by atoms with van der Waals surface area (Å²) in [4.78, 5) is 17.1. The maximum absolute atomic E-state index is 12.7. The van der Waals surface area contributed by atoms with E-state index >= 15 is 0 Å². The van der Waals surface area contributed by atoms with Crippen LogP contribution < -0.4 is 10.1 Å². The Labute approximate surface area is 161 Å². The van der Waals surface area contributed by atoms with Crippen LogP contribution in [-0.2, 0) is 0 Å². The third-order valence-electron chi connectivity index (χ3n) is 4.18. The predicted octanol–water partition coefficient (Wildman–Crippen LogP) is 4.10. The first kappa shape index (κ1) is 17.5. The minimum absolute atomic E-state index is 0.0443. The Kier molecular flexibility index (Phi) is 4.63. The molecule has 0 radical (unpaired) electrons. The Balaban J connectivity index is 1.68. The van der Waals surface area contributed by atoms with E-state index in [9.17, 15) is 4.79 Å². The van der Waals surface area contributed by atoms with Crippen LogP contribution in [0.15, 0.2) is 71.3 Å². The van der Waals surface area contributed by atoms with Crippen LogP contribution in [0.25, 0.3) is 17.3 Å². The summed E-state index contributed by atoms with van der Waals surface area (Å²) in [6.07, 6.45) is 1.56. The van der Waals surface area contributed by atoms with Gasteiger partial charge < -0.3 is 14.5 Å². The standard InChI is InChI=1S/C21H18N4O3/c1-14-5-9-16(10-6-14)25-20(18-4-3-13-28-18)23-19(24-25)21(26)22-15-7-11-17(27-2)12-8-15/h3-13H,1-2H3,(H,22,26). The second kappa shape index (κ2) is 7.40. The van der Waals surface area contributed by atoms with E-state index in [-0.39, 0.29) is 5.82 Å². The Morgan fingerprint density at radius 2 is 1.82 bits per heavy atom. The summed E-state index contributed by atoms with van der Waals surface area (Å²) >= 11 is 0. The molecule has 1 N–H and O–H groups in total. The molecule has 0 atom stereocenters. The molecule has 4 aromatic rings. The van der Waals surface area contributed by atoms with Gasteiger partial charge in [0, 0.05) is 5.69 Å². The van der Waals surface area contributed by atoms with Crippen LogP contribution in [0.5, 0.6) is 5.75 Å². The van der Waals surface area contributed by atoms with Crippen LogP contribution in [0.4, 0.5) is 5.69 Å². The van der Waals surface area contributed by atoms with Crippen molar-refractivity contribution in [3.8, 4) is 23.0 Å². The first-order valence-electron chi connectivity index (χ1n) is 8.67. The number of benzene rings is 2. The summed E-state index contributed by atoms with van der Waals surface area (Å²) in [5.41, 5.74) is 2.53. The number of amides is 1. The molecule has 7 heteroatoms. The number of aryl methyl sites for hydroxylation is 1. The number of anilines is 1. The molecule has 140 valence electrons. The minimum Gasteiger partial charge on any atom is -0.497 e. The van der Waals surface area contributed by atoms with Crippen LogP contribution in [0.1, 0.15) is 16.2 Å². The average Bonchev–Trinajstić information content (AvgIpc) is 3.39. The van der Waals surface area contributed by atoms with E-state index in [1.54, 1.807) is 54.5 Å². The van der Waals surface area contributed by atoms with Gasteiger partial charge in [-0.25, -0.2) is 4.68 Å². The van der Waals surface area contributed by atoms with Gasteiger partial charge in [-0.15, -0.1) is 5.10 Å². The summed E-state index contributed by atoms with van der Waals surface area (Å²) in [6, 6.07) is 18.4. The third-order valence-corrected chi connectivity index (χ3v) is 4.18. The fraction of sp³-hybridized carbons (Fsp3) is 0.0952. The minimum atomic E-state index is -0.413. The molecule has 1 amide bonds. The monoisotopic (exact) mass is 374 g/mol. The van der Waals surface area contributed by atoms with Gasteiger partial charge in [0.1, 0.15) is 5.75 Å². The zero-order chi connectivity index (χ0) is 19.5. The number of nitrogens with zero attached hydrogens (tertiary/aromatic N) is 3. The van der Waals surface area contributed by atoms with Gasteiger partial charge in [-0.05, 0) is 55.5 Å². The highest BCUT2D eigenvalue weighted by Crippen LogP contribution is 2.22. The number of nitrogens with one attached hydrogen (secondary N) is 1. The fourth-order valence-corrected chi connectivity index (χ4v) is 2.70. The van der Waals surface area contributed by atoms with Gasteiger partial charge in [-0.3, -0.25) is 4.79 Å². The normalized spacial score (nSPS) is 10.6. The van der Waals surface area contributed by atoms with Crippen molar-refractivity contribution in [2.24, 2.45) is 0 Å². The number of ether oxygens (including phenoxy) is 1. The highest BCUT2D eigenvalue weighted by molar-refractivity contribution is 6.01. The fourth-order valence-electron chi connectivity index (χ4n) is 2.70. The van der Waals surface area contributed by atoms with Gasteiger partial charge >= 0.3 is 0 Å². The first-order chi connectivity index (χ1) is 13.6. The van der Waals surface area contributed by atoms with Crippen LogP contribution in [0, 0.1) is 6.92 Å². The SMILES string of the molecule is COc1ccc(NC(=O)c2nc(-c3ccco3)n(-c3ccc(C)cc3)n2)cc1. The molecule has 0 aliphatic carbocycles. The molecule has 0 bridgehead atoms. The summed E-state index contributed by atoms with van der Waals surface area (Å²) in [7, 11) is 1.59.